The van der Waals surface area contributed by atoms with E-state index in [0.717, 1.165) is 46.7 Å². The van der Waals surface area contributed by atoms with Gasteiger partial charge in [-0.25, -0.2) is 0 Å². The van der Waals surface area contributed by atoms with E-state index in [1.165, 1.54) is 42.5 Å². The summed E-state index contributed by atoms with van der Waals surface area (Å²) in [6, 6.07) is 8.77. The summed E-state index contributed by atoms with van der Waals surface area (Å²) in [5.74, 6) is 2.98. The second kappa shape index (κ2) is 13.2. The van der Waals surface area contributed by atoms with Gasteiger partial charge in [-0.1, -0.05) is 32.6 Å². The van der Waals surface area contributed by atoms with Gasteiger partial charge in [0, 0.05) is 24.5 Å². The van der Waals surface area contributed by atoms with E-state index >= 15 is 0 Å². The van der Waals surface area contributed by atoms with Crippen LogP contribution in [-0.2, 0) is 6.42 Å². The molecule has 0 fully saturated rings. The molecule has 188 valence electrons. The molecule has 1 aliphatic heterocycles. The minimum Gasteiger partial charge on any atom is -1.00 e. The van der Waals surface area contributed by atoms with Crippen LogP contribution in [0.3, 0.4) is 0 Å². The van der Waals surface area contributed by atoms with E-state index in [1.807, 2.05) is 0 Å². The zero-order valence-corrected chi connectivity index (χ0v) is 23.5. The van der Waals surface area contributed by atoms with Crippen LogP contribution in [0.1, 0.15) is 63.5 Å². The highest BCUT2D eigenvalue weighted by Crippen LogP contribution is 2.41. The molecule has 0 bridgehead atoms. The largest absolute Gasteiger partial charge is 1.00 e. The average molecular weight is 555 g/mol. The normalized spacial score (nSPS) is 14.9. The SMILES string of the molecule is CCCCCCCC1=[N+](c2cc(Br)c(OC)c(OC)c2)C(C)Cc2cc(OC)c(OC)cc21.[Cl-]. The molecule has 1 heterocycles. The lowest BCUT2D eigenvalue weighted by atomic mass is 9.89. The number of benzene rings is 2. The van der Waals surface area contributed by atoms with Crippen molar-refractivity contribution in [3.05, 3.63) is 39.9 Å². The van der Waals surface area contributed by atoms with E-state index in [4.69, 9.17) is 18.9 Å². The van der Waals surface area contributed by atoms with Gasteiger partial charge in [-0.15, -0.1) is 0 Å². The average Bonchev–Trinajstić information content (AvgIpc) is 2.82. The van der Waals surface area contributed by atoms with Gasteiger partial charge in [-0.3, -0.25) is 0 Å². The highest BCUT2D eigenvalue weighted by atomic mass is 79.9. The van der Waals surface area contributed by atoms with Crippen LogP contribution in [-0.4, -0.2) is 44.8 Å². The third kappa shape index (κ3) is 6.01. The Morgan fingerprint density at radius 2 is 1.50 bits per heavy atom. The minimum absolute atomic E-state index is 0. The lowest BCUT2D eigenvalue weighted by molar-refractivity contribution is -0.483. The van der Waals surface area contributed by atoms with Crippen molar-refractivity contribution in [1.82, 2.24) is 0 Å². The van der Waals surface area contributed by atoms with Crippen molar-refractivity contribution in [2.24, 2.45) is 0 Å². The number of hydrogen-bond donors (Lipinski definition) is 0. The highest BCUT2D eigenvalue weighted by molar-refractivity contribution is 9.10. The van der Waals surface area contributed by atoms with Crippen molar-refractivity contribution in [3.8, 4) is 23.0 Å². The lowest BCUT2D eigenvalue weighted by Gasteiger charge is -2.25. The summed E-state index contributed by atoms with van der Waals surface area (Å²) >= 11 is 3.68. The molecule has 34 heavy (non-hydrogen) atoms. The predicted molar refractivity (Wildman–Crippen MR) is 137 cm³/mol. The van der Waals surface area contributed by atoms with E-state index in [0.29, 0.717) is 5.75 Å². The van der Waals surface area contributed by atoms with Gasteiger partial charge in [0.15, 0.2) is 34.8 Å². The Kier molecular flexibility index (Phi) is 11.0. The van der Waals surface area contributed by atoms with Crippen LogP contribution >= 0.6 is 15.9 Å². The fourth-order valence-corrected chi connectivity index (χ4v) is 5.36. The molecule has 0 radical (unpaired) electrons. The van der Waals surface area contributed by atoms with E-state index < -0.39 is 0 Å². The van der Waals surface area contributed by atoms with E-state index in [1.54, 1.807) is 28.4 Å². The van der Waals surface area contributed by atoms with Gasteiger partial charge in [-0.05, 0) is 47.0 Å². The minimum atomic E-state index is 0. The summed E-state index contributed by atoms with van der Waals surface area (Å²) in [5.41, 5.74) is 4.96. The predicted octanol–water partition coefficient (Wildman–Crippen LogP) is 3.93. The zero-order chi connectivity index (χ0) is 24.0. The lowest BCUT2D eigenvalue weighted by Crippen LogP contribution is -3.00. The summed E-state index contributed by atoms with van der Waals surface area (Å²) in [7, 11) is 6.74. The topological polar surface area (TPSA) is 39.9 Å². The molecule has 0 aliphatic carbocycles. The Morgan fingerprint density at radius 3 is 2.12 bits per heavy atom. The Bertz CT molecular complexity index is 1010. The molecule has 0 amide bonds. The Labute approximate surface area is 219 Å². The molecular weight excluding hydrogens is 518 g/mol. The maximum Gasteiger partial charge on any atom is 0.210 e. The van der Waals surface area contributed by atoms with Crippen molar-refractivity contribution < 1.29 is 35.9 Å². The molecule has 1 unspecified atom stereocenters. The number of nitrogens with zero attached hydrogens (tertiary/aromatic N) is 1. The highest BCUT2D eigenvalue weighted by Gasteiger charge is 2.34. The number of unbranched alkanes of at least 4 members (excludes halogenated alkanes) is 4. The quantitative estimate of drug-likeness (QED) is 0.312. The first-order valence-corrected chi connectivity index (χ1v) is 12.6. The number of ether oxygens (including phenoxy) is 4. The summed E-state index contributed by atoms with van der Waals surface area (Å²) in [6.45, 7) is 4.53. The summed E-state index contributed by atoms with van der Waals surface area (Å²) in [5, 5.41) is 0. The molecule has 0 spiro atoms. The summed E-state index contributed by atoms with van der Waals surface area (Å²) in [4.78, 5) is 0. The summed E-state index contributed by atoms with van der Waals surface area (Å²) < 4.78 is 25.8. The Balaban J connectivity index is 0.00000408. The van der Waals surface area contributed by atoms with E-state index in [-0.39, 0.29) is 18.4 Å². The second-order valence-corrected chi connectivity index (χ2v) is 9.42. The molecule has 0 saturated carbocycles. The van der Waals surface area contributed by atoms with Crippen LogP contribution in [0.2, 0.25) is 0 Å². The van der Waals surface area contributed by atoms with Crippen molar-refractivity contribution >= 4 is 27.3 Å². The van der Waals surface area contributed by atoms with Crippen LogP contribution in [0.25, 0.3) is 0 Å². The molecule has 5 nitrogen and oxygen atoms in total. The molecule has 2 aromatic carbocycles. The van der Waals surface area contributed by atoms with Gasteiger partial charge in [0.25, 0.3) is 0 Å². The third-order valence-corrected chi connectivity index (χ3v) is 6.97. The molecule has 3 rings (SSSR count). The first-order valence-electron chi connectivity index (χ1n) is 11.8. The van der Waals surface area contributed by atoms with Crippen LogP contribution < -0.4 is 31.4 Å². The van der Waals surface area contributed by atoms with Gasteiger partial charge in [0.05, 0.1) is 39.0 Å². The Hall–Kier alpha value is -1.92. The standard InChI is InChI=1S/C27H37BrNO4.ClH/c1-7-8-9-10-11-12-23-21-17-25(31-4)24(30-3)14-19(21)13-18(2)29(23)20-15-22(28)27(33-6)26(16-20)32-5;/h14-18H,7-13H2,1-6H3;1H/q+1;/p-1. The summed E-state index contributed by atoms with van der Waals surface area (Å²) in [6.07, 6.45) is 8.13. The van der Waals surface area contributed by atoms with Gasteiger partial charge in [0.2, 0.25) is 5.69 Å². The molecule has 0 saturated heterocycles. The smallest absolute Gasteiger partial charge is 0.210 e. The van der Waals surface area contributed by atoms with Gasteiger partial charge in [-0.2, -0.15) is 4.58 Å². The second-order valence-electron chi connectivity index (χ2n) is 8.56. The molecule has 0 N–H and O–H groups in total. The molecule has 2 aromatic rings. The zero-order valence-electron chi connectivity index (χ0n) is 21.2. The molecular formula is C27H37BrClNO4. The number of rotatable bonds is 11. The maximum atomic E-state index is 5.66. The molecule has 7 heteroatoms. The third-order valence-electron chi connectivity index (χ3n) is 6.38. The van der Waals surface area contributed by atoms with Gasteiger partial charge in [0.1, 0.15) is 0 Å². The number of fused-ring (bicyclic) bond motifs is 1. The first-order chi connectivity index (χ1) is 16.0. The Morgan fingerprint density at radius 1 is 0.853 bits per heavy atom. The van der Waals surface area contributed by atoms with Crippen molar-refractivity contribution in [2.45, 2.75) is 64.8 Å². The fraction of sp³-hybridized carbons (Fsp3) is 0.519. The number of hydrogen-bond acceptors (Lipinski definition) is 4. The molecule has 1 aliphatic rings. The monoisotopic (exact) mass is 553 g/mol. The van der Waals surface area contributed by atoms with Crippen LogP contribution in [0.4, 0.5) is 5.69 Å². The van der Waals surface area contributed by atoms with Crippen molar-refractivity contribution in [3.63, 3.8) is 0 Å². The van der Waals surface area contributed by atoms with Gasteiger partial charge >= 0.3 is 0 Å². The van der Waals surface area contributed by atoms with E-state index in [2.05, 4.69) is 58.6 Å². The molecule has 1 atom stereocenters. The van der Waals surface area contributed by atoms with Crippen molar-refractivity contribution in [2.75, 3.05) is 28.4 Å². The van der Waals surface area contributed by atoms with Crippen LogP contribution in [0, 0.1) is 0 Å². The molecule has 0 aromatic heterocycles. The van der Waals surface area contributed by atoms with E-state index in [9.17, 15) is 0 Å². The maximum absolute atomic E-state index is 5.66. The fourth-order valence-electron chi connectivity index (χ4n) is 4.77. The number of halogens is 2. The first kappa shape index (κ1) is 28.3. The van der Waals surface area contributed by atoms with Gasteiger partial charge < -0.3 is 31.4 Å². The van der Waals surface area contributed by atoms with Crippen LogP contribution in [0.5, 0.6) is 23.0 Å². The number of methoxy groups -OCH3 is 4. The van der Waals surface area contributed by atoms with Crippen LogP contribution in [0.15, 0.2) is 28.7 Å². The van der Waals surface area contributed by atoms with Crippen molar-refractivity contribution in [1.29, 1.82) is 0 Å².